The molecule has 0 aliphatic heterocycles. The lowest BCUT2D eigenvalue weighted by molar-refractivity contribution is -0.109. The van der Waals surface area contributed by atoms with E-state index in [1.54, 1.807) is 18.6 Å². The second-order valence-corrected chi connectivity index (χ2v) is 6.48. The first-order valence-electron chi connectivity index (χ1n) is 9.55. The Morgan fingerprint density at radius 3 is 2.39 bits per heavy atom. The highest BCUT2D eigenvalue weighted by atomic mass is 16.5. The molecule has 0 spiro atoms. The van der Waals surface area contributed by atoms with Crippen molar-refractivity contribution in [1.82, 2.24) is 5.43 Å². The Kier molecular flexibility index (Phi) is 8.90. The number of anilines is 1. The molecule has 0 saturated heterocycles. The summed E-state index contributed by atoms with van der Waals surface area (Å²) in [5.74, 6) is 6.03. The van der Waals surface area contributed by atoms with Crippen molar-refractivity contribution >= 4 is 12.1 Å². The number of nitrogens with two attached hydrogens (primary N) is 1. The van der Waals surface area contributed by atoms with Crippen LogP contribution in [0.2, 0.25) is 0 Å². The van der Waals surface area contributed by atoms with Crippen LogP contribution in [0.25, 0.3) is 11.1 Å². The first-order valence-corrected chi connectivity index (χ1v) is 9.55. The number of amides is 1. The molecule has 3 rings (SSSR count). The lowest BCUT2D eigenvalue weighted by atomic mass is 10.0. The quantitative estimate of drug-likeness (QED) is 0.233. The molecule has 7 heteroatoms. The van der Waals surface area contributed by atoms with E-state index in [1.165, 1.54) is 0 Å². The van der Waals surface area contributed by atoms with Crippen molar-refractivity contribution in [3.63, 3.8) is 0 Å². The molecule has 3 aromatic carbocycles. The van der Waals surface area contributed by atoms with E-state index in [1.807, 2.05) is 62.5 Å². The standard InChI is InChI=1S/C23H22N2O2.CH4N2O/c1-16-12-19(18-7-4-6-17(13-18)14-24)10-11-22(16)27-15-20-21(25-2)8-5-9-23(20)26-3;2-3-1-4/h4-13,25H,15H2,1-3H3;1H,2H2,(H,3,4). The van der Waals surface area contributed by atoms with Crippen LogP contribution in [0.3, 0.4) is 0 Å². The minimum absolute atomic E-state index is 0.403. The SMILES string of the molecule is CNc1cccc(OC)c1COc1ccc(-c2cccc(C#N)c2)cc1C.NNC=O. The number of carbonyl (C=O) groups excluding carboxylic acids is 1. The molecular formula is C24H26N4O3. The zero-order valence-corrected chi connectivity index (χ0v) is 17.8. The zero-order valence-electron chi connectivity index (χ0n) is 17.8. The van der Waals surface area contributed by atoms with Crippen molar-refractivity contribution in [3.8, 4) is 28.7 Å². The van der Waals surface area contributed by atoms with Crippen molar-refractivity contribution in [2.45, 2.75) is 13.5 Å². The van der Waals surface area contributed by atoms with Crippen LogP contribution in [-0.4, -0.2) is 20.6 Å². The first kappa shape index (κ1) is 23.3. The van der Waals surface area contributed by atoms with E-state index >= 15 is 0 Å². The van der Waals surface area contributed by atoms with Crippen LogP contribution in [0, 0.1) is 18.3 Å². The monoisotopic (exact) mass is 418 g/mol. The van der Waals surface area contributed by atoms with Gasteiger partial charge in [0.05, 0.1) is 24.3 Å². The fourth-order valence-electron chi connectivity index (χ4n) is 3.05. The molecule has 0 atom stereocenters. The van der Waals surface area contributed by atoms with Crippen LogP contribution >= 0.6 is 0 Å². The van der Waals surface area contributed by atoms with Gasteiger partial charge in [0.15, 0.2) is 0 Å². The number of nitrogens with one attached hydrogen (secondary N) is 2. The molecule has 0 saturated carbocycles. The predicted molar refractivity (Wildman–Crippen MR) is 122 cm³/mol. The molecule has 0 heterocycles. The van der Waals surface area contributed by atoms with Gasteiger partial charge in [-0.25, -0.2) is 5.84 Å². The van der Waals surface area contributed by atoms with Gasteiger partial charge in [-0.3, -0.25) is 10.2 Å². The summed E-state index contributed by atoms with van der Waals surface area (Å²) in [5.41, 5.74) is 7.48. The molecule has 3 aromatic rings. The maximum atomic E-state index is 9.09. The van der Waals surface area contributed by atoms with E-state index < -0.39 is 0 Å². The lowest BCUT2D eigenvalue weighted by Crippen LogP contribution is -2.18. The van der Waals surface area contributed by atoms with Crippen molar-refractivity contribution in [3.05, 3.63) is 77.4 Å². The van der Waals surface area contributed by atoms with Gasteiger partial charge in [0.1, 0.15) is 18.1 Å². The molecule has 31 heavy (non-hydrogen) atoms. The molecule has 0 bridgehead atoms. The van der Waals surface area contributed by atoms with Crippen LogP contribution in [0.4, 0.5) is 5.69 Å². The summed E-state index contributed by atoms with van der Waals surface area (Å²) in [6.45, 7) is 2.43. The first-order chi connectivity index (χ1) is 15.1. The Morgan fingerprint density at radius 2 is 1.77 bits per heavy atom. The number of aryl methyl sites for hydroxylation is 1. The largest absolute Gasteiger partial charge is 0.496 e. The van der Waals surface area contributed by atoms with E-state index in [9.17, 15) is 0 Å². The van der Waals surface area contributed by atoms with Crippen molar-refractivity contribution in [2.75, 3.05) is 19.5 Å². The smallest absolute Gasteiger partial charge is 0.221 e. The van der Waals surface area contributed by atoms with Gasteiger partial charge in [0, 0.05) is 12.7 Å². The van der Waals surface area contributed by atoms with Crippen LogP contribution in [0.1, 0.15) is 16.7 Å². The Labute approximate surface area is 182 Å². The molecule has 0 aliphatic rings. The molecule has 1 amide bonds. The number of nitriles is 1. The summed E-state index contributed by atoms with van der Waals surface area (Å²) in [5, 5.41) is 12.3. The van der Waals surface area contributed by atoms with E-state index in [-0.39, 0.29) is 0 Å². The van der Waals surface area contributed by atoms with Gasteiger partial charge in [-0.2, -0.15) is 5.26 Å². The van der Waals surface area contributed by atoms with Crippen LogP contribution in [0.5, 0.6) is 11.5 Å². The number of hydrazine groups is 1. The van der Waals surface area contributed by atoms with Crippen molar-refractivity contribution in [2.24, 2.45) is 5.84 Å². The molecule has 0 aliphatic carbocycles. The molecule has 0 unspecified atom stereocenters. The van der Waals surface area contributed by atoms with Crippen molar-refractivity contribution in [1.29, 1.82) is 5.26 Å². The Balaban J connectivity index is 0.000000785. The number of benzene rings is 3. The van der Waals surface area contributed by atoms with Gasteiger partial charge in [-0.15, -0.1) is 0 Å². The van der Waals surface area contributed by atoms with E-state index in [0.717, 1.165) is 39.4 Å². The summed E-state index contributed by atoms with van der Waals surface area (Å²) in [6, 6.07) is 21.7. The second-order valence-electron chi connectivity index (χ2n) is 6.48. The van der Waals surface area contributed by atoms with Crippen molar-refractivity contribution < 1.29 is 14.3 Å². The average molecular weight is 418 g/mol. The highest BCUT2D eigenvalue weighted by molar-refractivity contribution is 5.67. The fraction of sp³-hybridized carbons (Fsp3) is 0.167. The van der Waals surface area contributed by atoms with Gasteiger partial charge >= 0.3 is 0 Å². The maximum Gasteiger partial charge on any atom is 0.221 e. The Hall–Kier alpha value is -4.02. The van der Waals surface area contributed by atoms with Gasteiger partial charge in [0.2, 0.25) is 6.41 Å². The molecule has 0 aromatic heterocycles. The Bertz CT molecular complexity index is 1040. The normalized spacial score (nSPS) is 9.52. The van der Waals surface area contributed by atoms with Crippen LogP contribution < -0.4 is 26.1 Å². The molecule has 160 valence electrons. The molecule has 7 nitrogen and oxygen atoms in total. The number of carbonyl (C=O) groups is 1. The number of methoxy groups -OCH3 is 1. The summed E-state index contributed by atoms with van der Waals surface area (Å²) in [6.07, 6.45) is 0.403. The number of rotatable bonds is 7. The lowest BCUT2D eigenvalue weighted by Gasteiger charge is -2.16. The minimum Gasteiger partial charge on any atom is -0.496 e. The molecule has 0 radical (unpaired) electrons. The maximum absolute atomic E-state index is 9.09. The van der Waals surface area contributed by atoms with Gasteiger partial charge < -0.3 is 14.8 Å². The number of nitrogens with zero attached hydrogens (tertiary/aromatic N) is 1. The summed E-state index contributed by atoms with van der Waals surface area (Å²) >= 11 is 0. The number of ether oxygens (including phenoxy) is 2. The van der Waals surface area contributed by atoms with Gasteiger partial charge in [0.25, 0.3) is 0 Å². The Morgan fingerprint density at radius 1 is 1.06 bits per heavy atom. The third-order valence-electron chi connectivity index (χ3n) is 4.56. The van der Waals surface area contributed by atoms with Crippen LogP contribution in [-0.2, 0) is 11.4 Å². The van der Waals surface area contributed by atoms with E-state index in [2.05, 4.69) is 23.3 Å². The summed E-state index contributed by atoms with van der Waals surface area (Å²) in [4.78, 5) is 8.94. The summed E-state index contributed by atoms with van der Waals surface area (Å²) in [7, 11) is 3.54. The fourth-order valence-corrected chi connectivity index (χ4v) is 3.05. The average Bonchev–Trinajstić information content (AvgIpc) is 2.83. The number of hydrogen-bond donors (Lipinski definition) is 3. The third-order valence-corrected chi connectivity index (χ3v) is 4.56. The van der Waals surface area contributed by atoms with Gasteiger partial charge in [-0.1, -0.05) is 24.3 Å². The topological polar surface area (TPSA) is 109 Å². The van der Waals surface area contributed by atoms with E-state index in [0.29, 0.717) is 18.6 Å². The molecule has 4 N–H and O–H groups in total. The highest BCUT2D eigenvalue weighted by Gasteiger charge is 2.10. The summed E-state index contributed by atoms with van der Waals surface area (Å²) < 4.78 is 11.5. The second kappa shape index (κ2) is 11.9. The molecule has 0 fully saturated rings. The molecular weight excluding hydrogens is 392 g/mol. The highest BCUT2D eigenvalue weighted by Crippen LogP contribution is 2.30. The minimum atomic E-state index is 0.403. The third kappa shape index (κ3) is 6.23. The number of hydrogen-bond acceptors (Lipinski definition) is 6. The van der Waals surface area contributed by atoms with Crippen LogP contribution in [0.15, 0.2) is 60.7 Å². The van der Waals surface area contributed by atoms with Gasteiger partial charge in [-0.05, 0) is 60.0 Å². The van der Waals surface area contributed by atoms with E-state index in [4.69, 9.17) is 19.5 Å². The zero-order chi connectivity index (χ0) is 22.6. The predicted octanol–water partition coefficient (Wildman–Crippen LogP) is 3.77.